The first-order valence-electron chi connectivity index (χ1n) is 9.40. The van der Waals surface area contributed by atoms with E-state index in [9.17, 15) is 22.8 Å². The highest BCUT2D eigenvalue weighted by atomic mass is 19.4. The maximum absolute atomic E-state index is 12.9. The quantitative estimate of drug-likeness (QED) is 0.479. The lowest BCUT2D eigenvalue weighted by atomic mass is 10.1. The van der Waals surface area contributed by atoms with Crippen LogP contribution in [0.4, 0.5) is 13.2 Å². The lowest BCUT2D eigenvalue weighted by molar-refractivity contribution is -0.137. The number of benzene rings is 2. The molecule has 0 unspecified atom stereocenters. The predicted octanol–water partition coefficient (Wildman–Crippen LogP) is 4.26. The zero-order chi connectivity index (χ0) is 22.9. The summed E-state index contributed by atoms with van der Waals surface area (Å²) in [6, 6.07) is 9.40. The number of aromatic nitrogens is 2. The molecule has 1 aromatic heterocycles. The highest BCUT2D eigenvalue weighted by molar-refractivity contribution is 6.01. The van der Waals surface area contributed by atoms with E-state index < -0.39 is 17.6 Å². The Morgan fingerprint density at radius 2 is 1.68 bits per heavy atom. The molecule has 2 aromatic carbocycles. The fraction of sp³-hybridized carbons (Fsp3) is 0.227. The molecule has 1 amide bonds. The Kier molecular flexibility index (Phi) is 5.88. The predicted molar refractivity (Wildman–Crippen MR) is 112 cm³/mol. The van der Waals surface area contributed by atoms with Gasteiger partial charge < -0.3 is 0 Å². The first-order valence-corrected chi connectivity index (χ1v) is 9.40. The average molecular weight is 430 g/mol. The molecule has 0 saturated carbocycles. The molecule has 0 aliphatic carbocycles. The number of carbonyl (C=O) groups is 1. The number of halogens is 3. The molecule has 0 aliphatic heterocycles. The van der Waals surface area contributed by atoms with E-state index in [1.165, 1.54) is 4.68 Å². The topological polar surface area (TPSA) is 79.2 Å². The van der Waals surface area contributed by atoms with Crippen LogP contribution in [0.5, 0.6) is 0 Å². The number of nitrogens with one attached hydrogen (secondary N) is 2. The van der Waals surface area contributed by atoms with Crippen LogP contribution in [-0.2, 0) is 6.18 Å². The van der Waals surface area contributed by atoms with E-state index in [-0.39, 0.29) is 16.8 Å². The summed E-state index contributed by atoms with van der Waals surface area (Å²) < 4.78 is 39.3. The van der Waals surface area contributed by atoms with Gasteiger partial charge in [0, 0.05) is 11.3 Å². The first kappa shape index (κ1) is 22.1. The number of aromatic amines is 1. The van der Waals surface area contributed by atoms with Crippen molar-refractivity contribution in [2.24, 2.45) is 5.10 Å². The zero-order valence-electron chi connectivity index (χ0n) is 17.4. The number of alkyl halides is 3. The Bertz CT molecular complexity index is 1220. The number of H-pyrrole nitrogens is 1. The Hall–Kier alpha value is -3.62. The molecule has 3 aromatic rings. The number of nitrogens with zero attached hydrogens (tertiary/aromatic N) is 2. The van der Waals surface area contributed by atoms with Gasteiger partial charge in [0.05, 0.1) is 22.5 Å². The SMILES string of the molecule is C/C(=N/NC(=O)c1ccc(C(F)(F)F)cc1)c1c(C)[nH]n(-c2ccc(C)c(C)c2)c1=O. The van der Waals surface area contributed by atoms with Gasteiger partial charge in [-0.2, -0.15) is 18.3 Å². The standard InChI is InChI=1S/C22H21F3N4O2/c1-12-5-10-18(11-13(12)2)29-21(31)19(15(4)28-29)14(3)26-27-20(30)16-6-8-17(9-7-16)22(23,24)25/h5-11,28H,1-4H3,(H,27,30)/b26-14-. The molecule has 0 radical (unpaired) electrons. The number of carbonyl (C=O) groups excluding carboxylic acids is 1. The minimum Gasteiger partial charge on any atom is -0.295 e. The molecule has 0 saturated heterocycles. The molecule has 6 nitrogen and oxygen atoms in total. The van der Waals surface area contributed by atoms with Crippen molar-refractivity contribution >= 4 is 11.6 Å². The molecule has 162 valence electrons. The zero-order valence-corrected chi connectivity index (χ0v) is 17.4. The van der Waals surface area contributed by atoms with E-state index in [4.69, 9.17) is 0 Å². The third-order valence-corrected chi connectivity index (χ3v) is 4.98. The van der Waals surface area contributed by atoms with Crippen molar-refractivity contribution in [3.05, 3.63) is 86.3 Å². The molecular formula is C22H21F3N4O2. The molecule has 0 spiro atoms. The van der Waals surface area contributed by atoms with Crippen LogP contribution in [0.25, 0.3) is 5.69 Å². The molecule has 0 atom stereocenters. The molecule has 1 heterocycles. The van der Waals surface area contributed by atoms with Gasteiger partial charge in [0.1, 0.15) is 0 Å². The van der Waals surface area contributed by atoms with Crippen LogP contribution in [0.1, 0.15) is 45.2 Å². The van der Waals surface area contributed by atoms with E-state index in [1.54, 1.807) is 13.8 Å². The number of aryl methyl sites for hydroxylation is 3. The van der Waals surface area contributed by atoms with Gasteiger partial charge in [-0.3, -0.25) is 14.7 Å². The highest BCUT2D eigenvalue weighted by Gasteiger charge is 2.30. The lowest BCUT2D eigenvalue weighted by Gasteiger charge is -2.07. The second kappa shape index (κ2) is 8.25. The Balaban J connectivity index is 1.83. The maximum Gasteiger partial charge on any atom is 0.416 e. The van der Waals surface area contributed by atoms with Crippen molar-refractivity contribution in [3.63, 3.8) is 0 Å². The number of amides is 1. The van der Waals surface area contributed by atoms with Crippen LogP contribution in [0.2, 0.25) is 0 Å². The van der Waals surface area contributed by atoms with E-state index in [1.807, 2.05) is 32.0 Å². The third-order valence-electron chi connectivity index (χ3n) is 4.98. The molecule has 2 N–H and O–H groups in total. The summed E-state index contributed by atoms with van der Waals surface area (Å²) >= 11 is 0. The molecule has 31 heavy (non-hydrogen) atoms. The molecular weight excluding hydrogens is 409 g/mol. The van der Waals surface area contributed by atoms with Gasteiger partial charge in [-0.05, 0) is 75.2 Å². The van der Waals surface area contributed by atoms with E-state index in [0.717, 1.165) is 35.4 Å². The van der Waals surface area contributed by atoms with Gasteiger partial charge in [0.15, 0.2) is 0 Å². The van der Waals surface area contributed by atoms with Gasteiger partial charge in [0.25, 0.3) is 11.5 Å². The summed E-state index contributed by atoms with van der Waals surface area (Å²) in [6.45, 7) is 7.20. The number of hydrogen-bond donors (Lipinski definition) is 2. The number of hydrazone groups is 1. The van der Waals surface area contributed by atoms with Crippen LogP contribution < -0.4 is 11.0 Å². The smallest absolute Gasteiger partial charge is 0.295 e. The van der Waals surface area contributed by atoms with Gasteiger partial charge in [-0.15, -0.1) is 0 Å². The van der Waals surface area contributed by atoms with E-state index >= 15 is 0 Å². The van der Waals surface area contributed by atoms with Crippen molar-refractivity contribution in [2.75, 3.05) is 0 Å². The Labute approximate surface area is 176 Å². The summed E-state index contributed by atoms with van der Waals surface area (Å²) in [5.74, 6) is -0.684. The summed E-state index contributed by atoms with van der Waals surface area (Å²) in [7, 11) is 0. The third kappa shape index (κ3) is 4.60. The minimum atomic E-state index is -4.48. The summed E-state index contributed by atoms with van der Waals surface area (Å²) in [5.41, 5.74) is 5.05. The number of rotatable bonds is 4. The van der Waals surface area contributed by atoms with E-state index in [2.05, 4.69) is 15.6 Å². The van der Waals surface area contributed by atoms with Crippen molar-refractivity contribution in [1.29, 1.82) is 0 Å². The summed E-state index contributed by atoms with van der Waals surface area (Å²) in [6.07, 6.45) is -4.48. The van der Waals surface area contributed by atoms with E-state index in [0.29, 0.717) is 16.9 Å². The first-order chi connectivity index (χ1) is 14.5. The second-order valence-electron chi connectivity index (χ2n) is 7.23. The molecule has 0 fully saturated rings. The normalized spacial score (nSPS) is 12.2. The van der Waals surface area contributed by atoms with Crippen LogP contribution >= 0.6 is 0 Å². The molecule has 0 aliphatic rings. The monoisotopic (exact) mass is 430 g/mol. The van der Waals surface area contributed by atoms with Crippen molar-refractivity contribution in [1.82, 2.24) is 15.2 Å². The largest absolute Gasteiger partial charge is 0.416 e. The van der Waals surface area contributed by atoms with Gasteiger partial charge >= 0.3 is 6.18 Å². The maximum atomic E-state index is 12.9. The fourth-order valence-electron chi connectivity index (χ4n) is 3.08. The average Bonchev–Trinajstić information content (AvgIpc) is 3.01. The minimum absolute atomic E-state index is 0.0166. The molecule has 3 rings (SSSR count). The van der Waals surface area contributed by atoms with Gasteiger partial charge in [-0.25, -0.2) is 10.1 Å². The molecule has 9 heteroatoms. The molecule has 0 bridgehead atoms. The summed E-state index contributed by atoms with van der Waals surface area (Å²) in [5, 5.41) is 6.96. The Morgan fingerprint density at radius 3 is 2.26 bits per heavy atom. The summed E-state index contributed by atoms with van der Waals surface area (Å²) in [4.78, 5) is 25.1. The highest BCUT2D eigenvalue weighted by Crippen LogP contribution is 2.29. The van der Waals surface area contributed by atoms with Crippen molar-refractivity contribution < 1.29 is 18.0 Å². The van der Waals surface area contributed by atoms with Crippen LogP contribution in [0, 0.1) is 20.8 Å². The Morgan fingerprint density at radius 1 is 1.03 bits per heavy atom. The van der Waals surface area contributed by atoms with Gasteiger partial charge in [-0.1, -0.05) is 6.07 Å². The van der Waals surface area contributed by atoms with Crippen molar-refractivity contribution in [3.8, 4) is 5.69 Å². The van der Waals surface area contributed by atoms with Crippen LogP contribution in [0.3, 0.4) is 0 Å². The van der Waals surface area contributed by atoms with Crippen molar-refractivity contribution in [2.45, 2.75) is 33.9 Å². The lowest BCUT2D eigenvalue weighted by Crippen LogP contribution is -2.23. The fourth-order valence-corrected chi connectivity index (χ4v) is 3.08. The second-order valence-corrected chi connectivity index (χ2v) is 7.23. The van der Waals surface area contributed by atoms with Gasteiger partial charge in [0.2, 0.25) is 0 Å². The number of hydrogen-bond acceptors (Lipinski definition) is 3. The van der Waals surface area contributed by atoms with Crippen LogP contribution in [0.15, 0.2) is 52.4 Å². The van der Waals surface area contributed by atoms with Crippen LogP contribution in [-0.4, -0.2) is 21.4 Å².